The minimum Gasteiger partial charge on any atom is -0.481 e. The van der Waals surface area contributed by atoms with Crippen molar-refractivity contribution in [1.82, 2.24) is 4.90 Å². The molecule has 1 saturated carbocycles. The van der Waals surface area contributed by atoms with Crippen LogP contribution in [0.4, 0.5) is 4.39 Å². The first kappa shape index (κ1) is 21.4. The number of carboxylic acids is 1. The van der Waals surface area contributed by atoms with Gasteiger partial charge in [0.25, 0.3) is 0 Å². The van der Waals surface area contributed by atoms with E-state index in [0.717, 1.165) is 11.1 Å². The van der Waals surface area contributed by atoms with Crippen LogP contribution >= 0.6 is 0 Å². The number of halogens is 1. The Kier molecular flexibility index (Phi) is 5.29. The zero-order chi connectivity index (χ0) is 23.1. The Bertz CT molecular complexity index is 1180. The summed E-state index contributed by atoms with van der Waals surface area (Å²) in [5, 5.41) is 22.7. The summed E-state index contributed by atoms with van der Waals surface area (Å²) >= 11 is 0. The first-order chi connectivity index (χ1) is 15.9. The highest BCUT2D eigenvalue weighted by Gasteiger charge is 2.62. The summed E-state index contributed by atoms with van der Waals surface area (Å²) in [6.45, 7) is 0.802. The second kappa shape index (κ2) is 8.16. The highest BCUT2D eigenvalue weighted by atomic mass is 19.1. The van der Waals surface area contributed by atoms with Crippen molar-refractivity contribution in [1.29, 1.82) is 0 Å². The predicted molar refractivity (Wildman–Crippen MR) is 124 cm³/mol. The molecule has 1 fully saturated rings. The van der Waals surface area contributed by atoms with E-state index in [2.05, 4.69) is 0 Å². The molecule has 1 heterocycles. The molecule has 0 spiro atoms. The fourth-order valence-corrected chi connectivity index (χ4v) is 5.67. The van der Waals surface area contributed by atoms with Gasteiger partial charge in [-0.05, 0) is 41.7 Å². The molecule has 1 aliphatic carbocycles. The number of aliphatic carboxylic acids is 1. The summed E-state index contributed by atoms with van der Waals surface area (Å²) in [5.41, 5.74) is 0.239. The second-order valence-corrected chi connectivity index (χ2v) is 9.08. The fraction of sp³-hybridized carbons (Fsp3) is 0.250. The van der Waals surface area contributed by atoms with Crippen molar-refractivity contribution in [2.45, 2.75) is 30.9 Å². The van der Waals surface area contributed by atoms with E-state index in [0.29, 0.717) is 30.5 Å². The summed E-state index contributed by atoms with van der Waals surface area (Å²) in [6.07, 6.45) is 2.69. The van der Waals surface area contributed by atoms with E-state index in [9.17, 15) is 19.4 Å². The Morgan fingerprint density at radius 1 is 0.970 bits per heavy atom. The summed E-state index contributed by atoms with van der Waals surface area (Å²) in [7, 11) is 0. The van der Waals surface area contributed by atoms with Gasteiger partial charge < -0.3 is 15.1 Å². The highest BCUT2D eigenvalue weighted by molar-refractivity contribution is 5.83. The zero-order valence-corrected chi connectivity index (χ0v) is 18.2. The van der Waals surface area contributed by atoms with Gasteiger partial charge in [-0.1, -0.05) is 72.8 Å². The van der Waals surface area contributed by atoms with Crippen LogP contribution in [0, 0.1) is 11.2 Å². The van der Waals surface area contributed by atoms with Crippen LogP contribution in [-0.2, 0) is 16.9 Å². The number of fused-ring (bicyclic) bond motifs is 1. The first-order valence-electron chi connectivity index (χ1n) is 11.2. The molecule has 3 atom stereocenters. The number of rotatable bonds is 5. The van der Waals surface area contributed by atoms with Crippen molar-refractivity contribution >= 4 is 5.97 Å². The molecule has 0 bridgehead atoms. The Balaban J connectivity index is 1.64. The molecule has 0 amide bonds. The van der Waals surface area contributed by atoms with E-state index in [1.54, 1.807) is 12.1 Å². The number of nitrogens with zero attached hydrogens (tertiary/aromatic N) is 1. The normalized spacial score (nSPS) is 26.5. The van der Waals surface area contributed by atoms with Crippen molar-refractivity contribution in [2.75, 3.05) is 6.54 Å². The van der Waals surface area contributed by atoms with Crippen LogP contribution in [0.15, 0.2) is 96.7 Å². The molecule has 168 valence electrons. The highest BCUT2D eigenvalue weighted by Crippen LogP contribution is 2.60. The minimum atomic E-state index is -1.48. The molecule has 1 aliphatic heterocycles. The topological polar surface area (TPSA) is 60.8 Å². The average molecular weight is 444 g/mol. The third-order valence-electron chi connectivity index (χ3n) is 7.21. The maximum Gasteiger partial charge on any atom is 0.316 e. The van der Waals surface area contributed by atoms with Crippen LogP contribution in [0.3, 0.4) is 0 Å². The number of hydrogen-bond donors (Lipinski definition) is 2. The van der Waals surface area contributed by atoms with Gasteiger partial charge in [0.2, 0.25) is 0 Å². The minimum absolute atomic E-state index is 0.260. The van der Waals surface area contributed by atoms with Gasteiger partial charge in [-0.15, -0.1) is 0 Å². The Morgan fingerprint density at radius 3 is 2.24 bits per heavy atom. The lowest BCUT2D eigenvalue weighted by Crippen LogP contribution is -2.51. The van der Waals surface area contributed by atoms with Crippen molar-refractivity contribution in [2.24, 2.45) is 5.41 Å². The molecule has 5 rings (SSSR count). The molecule has 5 heteroatoms. The van der Waals surface area contributed by atoms with Crippen molar-refractivity contribution in [3.05, 3.63) is 119 Å². The smallest absolute Gasteiger partial charge is 0.316 e. The largest absolute Gasteiger partial charge is 0.481 e. The van der Waals surface area contributed by atoms with Gasteiger partial charge in [0, 0.05) is 30.8 Å². The maximum atomic E-state index is 13.6. The number of aliphatic hydroxyl groups is 1. The maximum absolute atomic E-state index is 13.6. The molecule has 3 aromatic rings. The molecule has 0 radical (unpaired) electrons. The molecular formula is C28H26FNO3. The van der Waals surface area contributed by atoms with E-state index in [1.165, 1.54) is 12.1 Å². The lowest BCUT2D eigenvalue weighted by molar-refractivity contribution is -0.152. The lowest BCUT2D eigenvalue weighted by Gasteiger charge is -2.48. The third-order valence-corrected chi connectivity index (χ3v) is 7.21. The molecule has 3 unspecified atom stereocenters. The zero-order valence-electron chi connectivity index (χ0n) is 18.2. The first-order valence-corrected chi connectivity index (χ1v) is 11.2. The Labute approximate surface area is 192 Å². The summed E-state index contributed by atoms with van der Waals surface area (Å²) in [5.74, 6) is -1.63. The van der Waals surface area contributed by atoms with Crippen molar-refractivity contribution < 1.29 is 19.4 Å². The van der Waals surface area contributed by atoms with Gasteiger partial charge in [0.15, 0.2) is 0 Å². The predicted octanol–water partition coefficient (Wildman–Crippen LogP) is 5.06. The van der Waals surface area contributed by atoms with Gasteiger partial charge in [0.05, 0.1) is 0 Å². The van der Waals surface area contributed by atoms with E-state index < -0.39 is 22.8 Å². The van der Waals surface area contributed by atoms with Gasteiger partial charge in [-0.25, -0.2) is 4.39 Å². The molecular weight excluding hydrogens is 417 g/mol. The van der Waals surface area contributed by atoms with E-state index >= 15 is 0 Å². The van der Waals surface area contributed by atoms with E-state index in [-0.39, 0.29) is 12.5 Å². The molecule has 4 nitrogen and oxygen atoms in total. The van der Waals surface area contributed by atoms with Crippen LogP contribution in [0.25, 0.3) is 0 Å². The summed E-state index contributed by atoms with van der Waals surface area (Å²) in [6, 6.07) is 25.3. The van der Waals surface area contributed by atoms with Crippen LogP contribution in [0.2, 0.25) is 0 Å². The fourth-order valence-electron chi connectivity index (χ4n) is 5.67. The Hall–Kier alpha value is -3.44. The Morgan fingerprint density at radius 2 is 1.61 bits per heavy atom. The SMILES string of the molecule is O=C(O)C12CN(Cc3ccccc3)C=C1C(O)(c1ccc(F)cc1)CCC2c1ccccc1. The average Bonchev–Trinajstić information content (AvgIpc) is 3.22. The molecule has 3 aromatic carbocycles. The van der Waals surface area contributed by atoms with Crippen molar-refractivity contribution in [3.8, 4) is 0 Å². The molecule has 0 saturated heterocycles. The standard InChI is InChI=1S/C28H26FNO3/c29-23-13-11-22(12-14-23)28(33)16-15-24(21-9-5-2-6-10-21)27(26(31)32)19-30(18-25(27)28)17-20-7-3-1-4-8-20/h1-14,18,24,33H,15-17,19H2,(H,31,32). The number of hydrogen-bond acceptors (Lipinski definition) is 3. The summed E-state index contributed by atoms with van der Waals surface area (Å²) in [4.78, 5) is 15.1. The number of benzene rings is 3. The summed E-state index contributed by atoms with van der Waals surface area (Å²) < 4.78 is 13.6. The second-order valence-electron chi connectivity index (χ2n) is 9.08. The number of carbonyl (C=O) groups is 1. The number of carboxylic acid groups (broad SMARTS) is 1. The van der Waals surface area contributed by atoms with Crippen LogP contribution in [-0.4, -0.2) is 27.6 Å². The van der Waals surface area contributed by atoms with Gasteiger partial charge >= 0.3 is 5.97 Å². The van der Waals surface area contributed by atoms with Crippen LogP contribution in [0.1, 0.15) is 35.4 Å². The van der Waals surface area contributed by atoms with Gasteiger partial charge in [-0.2, -0.15) is 0 Å². The lowest BCUT2D eigenvalue weighted by atomic mass is 9.56. The molecule has 2 aliphatic rings. The third kappa shape index (κ3) is 3.53. The van der Waals surface area contributed by atoms with E-state index in [4.69, 9.17) is 0 Å². The quantitative estimate of drug-likeness (QED) is 0.579. The molecule has 2 N–H and O–H groups in total. The molecule has 33 heavy (non-hydrogen) atoms. The van der Waals surface area contributed by atoms with Crippen LogP contribution in [0.5, 0.6) is 0 Å². The molecule has 0 aromatic heterocycles. The van der Waals surface area contributed by atoms with Crippen molar-refractivity contribution in [3.63, 3.8) is 0 Å². The van der Waals surface area contributed by atoms with E-state index in [1.807, 2.05) is 71.8 Å². The van der Waals surface area contributed by atoms with Gasteiger partial charge in [-0.3, -0.25) is 4.79 Å². The van der Waals surface area contributed by atoms with Gasteiger partial charge in [0.1, 0.15) is 16.8 Å². The monoisotopic (exact) mass is 443 g/mol. The van der Waals surface area contributed by atoms with Crippen LogP contribution < -0.4 is 0 Å².